The van der Waals surface area contributed by atoms with Gasteiger partial charge in [0.2, 0.25) is 11.8 Å². The molecule has 0 fully saturated rings. The van der Waals surface area contributed by atoms with Gasteiger partial charge in [0.15, 0.2) is 5.16 Å². The van der Waals surface area contributed by atoms with Crippen LogP contribution in [-0.2, 0) is 22.6 Å². The normalized spacial score (nSPS) is 10.7. The molecular formula is C22H20Cl3N5O2S. The summed E-state index contributed by atoms with van der Waals surface area (Å²) in [7, 11) is 0. The molecule has 172 valence electrons. The molecule has 2 aromatic carbocycles. The van der Waals surface area contributed by atoms with Gasteiger partial charge in [-0.05, 0) is 36.8 Å². The third-order valence-corrected chi connectivity index (χ3v) is 6.63. The Morgan fingerprint density at radius 3 is 2.61 bits per heavy atom. The van der Waals surface area contributed by atoms with E-state index in [1.165, 1.54) is 11.8 Å². The van der Waals surface area contributed by atoms with Crippen LogP contribution < -0.4 is 10.6 Å². The van der Waals surface area contributed by atoms with Gasteiger partial charge in [-0.15, -0.1) is 16.8 Å². The summed E-state index contributed by atoms with van der Waals surface area (Å²) in [5, 5.41) is 15.4. The Balaban J connectivity index is 1.64. The molecule has 0 aliphatic rings. The highest BCUT2D eigenvalue weighted by atomic mass is 35.5. The van der Waals surface area contributed by atoms with Gasteiger partial charge < -0.3 is 15.2 Å². The van der Waals surface area contributed by atoms with Gasteiger partial charge in [-0.1, -0.05) is 64.8 Å². The van der Waals surface area contributed by atoms with E-state index in [-0.39, 0.29) is 29.0 Å². The third kappa shape index (κ3) is 6.74. The number of aromatic nitrogens is 3. The van der Waals surface area contributed by atoms with Crippen molar-refractivity contribution in [3.63, 3.8) is 0 Å². The van der Waals surface area contributed by atoms with Crippen molar-refractivity contribution in [3.8, 4) is 0 Å². The lowest BCUT2D eigenvalue weighted by Gasteiger charge is -2.10. The van der Waals surface area contributed by atoms with Crippen LogP contribution in [0.3, 0.4) is 0 Å². The second-order valence-electron chi connectivity index (χ2n) is 6.93. The van der Waals surface area contributed by atoms with Crippen molar-refractivity contribution >= 4 is 69.8 Å². The summed E-state index contributed by atoms with van der Waals surface area (Å²) in [6.45, 7) is 6.01. The molecule has 0 bridgehead atoms. The van der Waals surface area contributed by atoms with Crippen LogP contribution in [0.5, 0.6) is 0 Å². The second-order valence-corrected chi connectivity index (χ2v) is 9.06. The van der Waals surface area contributed by atoms with E-state index in [4.69, 9.17) is 34.8 Å². The molecule has 0 unspecified atom stereocenters. The van der Waals surface area contributed by atoms with E-state index in [2.05, 4.69) is 27.4 Å². The lowest BCUT2D eigenvalue weighted by Crippen LogP contribution is -2.18. The fourth-order valence-corrected chi connectivity index (χ4v) is 4.10. The standard InChI is InChI=1S/C22H20Cl3N5O2S/c1-3-9-30-18(11-19(31)27-17-6-4-5-15(23)21(17)25)28-29-22(30)33-12-20(32)26-14-8-7-13(2)16(24)10-14/h3-8,10H,1,9,11-12H2,2H3,(H,26,32)(H,27,31). The van der Waals surface area contributed by atoms with Crippen molar-refractivity contribution in [3.05, 3.63) is 75.5 Å². The predicted molar refractivity (Wildman–Crippen MR) is 135 cm³/mol. The first-order valence-corrected chi connectivity index (χ1v) is 11.9. The number of allylic oxidation sites excluding steroid dienone is 1. The lowest BCUT2D eigenvalue weighted by atomic mass is 10.2. The molecule has 3 aromatic rings. The SMILES string of the molecule is C=CCn1c(CC(=O)Nc2cccc(Cl)c2Cl)nnc1SCC(=O)Nc1ccc(C)c(Cl)c1. The van der Waals surface area contributed by atoms with Gasteiger partial charge in [0.25, 0.3) is 0 Å². The van der Waals surface area contributed by atoms with Crippen molar-refractivity contribution in [2.45, 2.75) is 25.0 Å². The Morgan fingerprint density at radius 1 is 1.09 bits per heavy atom. The van der Waals surface area contributed by atoms with Crippen molar-refractivity contribution < 1.29 is 9.59 Å². The molecule has 0 aliphatic carbocycles. The van der Waals surface area contributed by atoms with Crippen LogP contribution in [0.25, 0.3) is 0 Å². The summed E-state index contributed by atoms with van der Waals surface area (Å²) in [5.41, 5.74) is 1.95. The van der Waals surface area contributed by atoms with Gasteiger partial charge >= 0.3 is 0 Å². The average molecular weight is 525 g/mol. The van der Waals surface area contributed by atoms with Crippen LogP contribution in [0.2, 0.25) is 15.1 Å². The first-order chi connectivity index (χ1) is 15.8. The highest BCUT2D eigenvalue weighted by Crippen LogP contribution is 2.29. The topological polar surface area (TPSA) is 88.9 Å². The molecule has 0 spiro atoms. The molecule has 2 N–H and O–H groups in total. The summed E-state index contributed by atoms with van der Waals surface area (Å²) in [6.07, 6.45) is 1.62. The maximum absolute atomic E-state index is 12.5. The minimum absolute atomic E-state index is 0.0433. The second kappa shape index (κ2) is 11.6. The predicted octanol–water partition coefficient (Wildman–Crippen LogP) is 5.64. The van der Waals surface area contributed by atoms with Gasteiger partial charge in [0.1, 0.15) is 5.82 Å². The zero-order chi connectivity index (χ0) is 24.0. The lowest BCUT2D eigenvalue weighted by molar-refractivity contribution is -0.116. The zero-order valence-corrected chi connectivity index (χ0v) is 20.7. The van der Waals surface area contributed by atoms with Crippen molar-refractivity contribution in [2.75, 3.05) is 16.4 Å². The summed E-state index contributed by atoms with van der Waals surface area (Å²) >= 11 is 19.4. The molecule has 1 heterocycles. The Hall–Kier alpha value is -2.52. The fourth-order valence-electron chi connectivity index (χ4n) is 2.81. The number of amides is 2. The van der Waals surface area contributed by atoms with Crippen LogP contribution in [0.4, 0.5) is 11.4 Å². The molecule has 0 saturated carbocycles. The number of carbonyl (C=O) groups excluding carboxylic acids is 2. The number of hydrogen-bond acceptors (Lipinski definition) is 5. The summed E-state index contributed by atoms with van der Waals surface area (Å²) in [6, 6.07) is 10.3. The average Bonchev–Trinajstić information content (AvgIpc) is 3.14. The first kappa shape index (κ1) is 25.1. The smallest absolute Gasteiger partial charge is 0.234 e. The Kier molecular flexibility index (Phi) is 8.80. The Bertz CT molecular complexity index is 1200. The van der Waals surface area contributed by atoms with E-state index in [0.29, 0.717) is 38.9 Å². The number of aryl methyl sites for hydroxylation is 1. The number of hydrogen-bond donors (Lipinski definition) is 2. The van der Waals surface area contributed by atoms with E-state index in [1.54, 1.807) is 41.0 Å². The Morgan fingerprint density at radius 2 is 1.88 bits per heavy atom. The quantitative estimate of drug-likeness (QED) is 0.279. The van der Waals surface area contributed by atoms with Crippen molar-refractivity contribution in [2.24, 2.45) is 0 Å². The molecule has 1 aromatic heterocycles. The van der Waals surface area contributed by atoms with Crippen LogP contribution in [-0.4, -0.2) is 32.3 Å². The molecule has 0 saturated heterocycles. The summed E-state index contributed by atoms with van der Waals surface area (Å²) in [5.74, 6) is -0.0189. The van der Waals surface area contributed by atoms with Crippen molar-refractivity contribution in [1.82, 2.24) is 14.8 Å². The van der Waals surface area contributed by atoms with Gasteiger partial charge in [-0.2, -0.15) is 0 Å². The van der Waals surface area contributed by atoms with E-state index in [9.17, 15) is 9.59 Å². The molecule has 2 amide bonds. The molecule has 33 heavy (non-hydrogen) atoms. The highest BCUT2D eigenvalue weighted by molar-refractivity contribution is 7.99. The third-order valence-electron chi connectivity index (χ3n) is 4.44. The molecular weight excluding hydrogens is 505 g/mol. The largest absolute Gasteiger partial charge is 0.325 e. The number of anilines is 2. The van der Waals surface area contributed by atoms with Gasteiger partial charge in [0, 0.05) is 17.3 Å². The molecule has 11 heteroatoms. The minimum Gasteiger partial charge on any atom is -0.325 e. The van der Waals surface area contributed by atoms with Crippen LogP contribution >= 0.6 is 46.6 Å². The maximum atomic E-state index is 12.5. The zero-order valence-electron chi connectivity index (χ0n) is 17.6. The molecule has 3 rings (SSSR count). The molecule has 0 atom stereocenters. The number of carbonyl (C=O) groups is 2. The molecule has 7 nitrogen and oxygen atoms in total. The number of rotatable bonds is 9. The molecule has 0 aliphatic heterocycles. The number of nitrogens with zero attached hydrogens (tertiary/aromatic N) is 3. The Labute approximate surface area is 210 Å². The van der Waals surface area contributed by atoms with Gasteiger partial charge in [-0.3, -0.25) is 9.59 Å². The fraction of sp³-hybridized carbons (Fsp3) is 0.182. The minimum atomic E-state index is -0.331. The number of thioether (sulfide) groups is 1. The van der Waals surface area contributed by atoms with Crippen LogP contribution in [0.1, 0.15) is 11.4 Å². The van der Waals surface area contributed by atoms with Crippen LogP contribution in [0, 0.1) is 6.92 Å². The summed E-state index contributed by atoms with van der Waals surface area (Å²) < 4.78 is 1.73. The van der Waals surface area contributed by atoms with Gasteiger partial charge in [-0.25, -0.2) is 0 Å². The molecule has 0 radical (unpaired) electrons. The van der Waals surface area contributed by atoms with Gasteiger partial charge in [0.05, 0.1) is 27.9 Å². The number of halogens is 3. The monoisotopic (exact) mass is 523 g/mol. The van der Waals surface area contributed by atoms with Crippen LogP contribution in [0.15, 0.2) is 54.2 Å². The van der Waals surface area contributed by atoms with E-state index in [0.717, 1.165) is 5.56 Å². The summed E-state index contributed by atoms with van der Waals surface area (Å²) in [4.78, 5) is 24.9. The first-order valence-electron chi connectivity index (χ1n) is 9.74. The van der Waals surface area contributed by atoms with E-state index < -0.39 is 0 Å². The van der Waals surface area contributed by atoms with E-state index >= 15 is 0 Å². The van der Waals surface area contributed by atoms with E-state index in [1.807, 2.05) is 13.0 Å². The highest BCUT2D eigenvalue weighted by Gasteiger charge is 2.17. The number of nitrogens with one attached hydrogen (secondary N) is 2. The number of benzene rings is 2. The maximum Gasteiger partial charge on any atom is 0.234 e. The van der Waals surface area contributed by atoms with Crippen molar-refractivity contribution in [1.29, 1.82) is 0 Å².